The molecule has 0 amide bonds. The van der Waals surface area contributed by atoms with Gasteiger partial charge >= 0.3 is 0 Å². The third-order valence-electron chi connectivity index (χ3n) is 7.03. The average molecular weight is 427 g/mol. The molecule has 0 radical (unpaired) electrons. The Balaban J connectivity index is 1.24. The number of fused-ring (bicyclic) bond motifs is 1. The molecule has 0 spiro atoms. The molecule has 2 nitrogen and oxygen atoms in total. The van der Waals surface area contributed by atoms with Crippen LogP contribution in [0.2, 0.25) is 0 Å². The Morgan fingerprint density at radius 1 is 0.812 bits per heavy atom. The van der Waals surface area contributed by atoms with Crippen LogP contribution in [0, 0.1) is 5.82 Å². The van der Waals surface area contributed by atoms with Crippen LogP contribution in [-0.2, 0) is 0 Å². The summed E-state index contributed by atoms with van der Waals surface area (Å²) in [6, 6.07) is 28.9. The van der Waals surface area contributed by atoms with Crippen LogP contribution in [0.1, 0.15) is 48.8 Å². The number of para-hydroxylation sites is 1. The molecule has 0 aliphatic carbocycles. The lowest BCUT2D eigenvalue weighted by molar-refractivity contribution is 0.206. The maximum absolute atomic E-state index is 13.6. The number of nitrogens with zero attached hydrogens (tertiary/aromatic N) is 2. The van der Waals surface area contributed by atoms with Crippen LogP contribution in [0.3, 0.4) is 0 Å². The molecule has 164 valence electrons. The largest absolute Gasteiger partial charge is 0.340 e. The van der Waals surface area contributed by atoms with E-state index in [1.54, 1.807) is 12.1 Å². The minimum atomic E-state index is -0.175. The Morgan fingerprint density at radius 3 is 2.31 bits per heavy atom. The molecule has 1 aliphatic heterocycles. The number of piperidine rings is 1. The van der Waals surface area contributed by atoms with Crippen molar-refractivity contribution in [2.45, 2.75) is 37.6 Å². The zero-order chi connectivity index (χ0) is 21.8. The van der Waals surface area contributed by atoms with Gasteiger partial charge in [-0.1, -0.05) is 60.7 Å². The summed E-state index contributed by atoms with van der Waals surface area (Å²) in [7, 11) is 0. The van der Waals surface area contributed by atoms with Gasteiger partial charge in [0.05, 0.1) is 6.04 Å². The van der Waals surface area contributed by atoms with Crippen LogP contribution in [0.4, 0.5) is 4.39 Å². The molecular weight excluding hydrogens is 395 g/mol. The lowest BCUT2D eigenvalue weighted by Gasteiger charge is -2.32. The van der Waals surface area contributed by atoms with E-state index in [1.165, 1.54) is 48.0 Å². The van der Waals surface area contributed by atoms with Gasteiger partial charge in [0.2, 0.25) is 0 Å². The van der Waals surface area contributed by atoms with E-state index >= 15 is 0 Å². The molecule has 1 unspecified atom stereocenters. The van der Waals surface area contributed by atoms with Gasteiger partial charge in [-0.25, -0.2) is 4.39 Å². The molecule has 0 saturated carbocycles. The Hall–Kier alpha value is -2.91. The van der Waals surface area contributed by atoms with Gasteiger partial charge in [-0.15, -0.1) is 0 Å². The van der Waals surface area contributed by atoms with Crippen LogP contribution >= 0.6 is 0 Å². The van der Waals surface area contributed by atoms with E-state index in [1.807, 2.05) is 12.1 Å². The predicted octanol–water partition coefficient (Wildman–Crippen LogP) is 7.03. The van der Waals surface area contributed by atoms with Crippen LogP contribution < -0.4 is 0 Å². The number of aromatic nitrogens is 1. The van der Waals surface area contributed by atoms with Gasteiger partial charge < -0.3 is 9.47 Å². The summed E-state index contributed by atoms with van der Waals surface area (Å²) >= 11 is 0. The zero-order valence-corrected chi connectivity index (χ0v) is 18.5. The Labute approximate surface area is 190 Å². The predicted molar refractivity (Wildman–Crippen MR) is 131 cm³/mol. The van der Waals surface area contributed by atoms with Gasteiger partial charge in [0, 0.05) is 11.7 Å². The summed E-state index contributed by atoms with van der Waals surface area (Å²) in [6.07, 6.45) is 6.85. The number of rotatable bonds is 7. The Bertz CT molecular complexity index is 1120. The van der Waals surface area contributed by atoms with E-state index < -0.39 is 0 Å². The highest BCUT2D eigenvalue weighted by molar-refractivity contribution is 5.80. The Kier molecular flexibility index (Phi) is 6.36. The van der Waals surface area contributed by atoms with E-state index in [9.17, 15) is 4.39 Å². The number of halogens is 1. The second kappa shape index (κ2) is 9.70. The molecular formula is C29H31FN2. The van der Waals surface area contributed by atoms with Crippen LogP contribution in [0.25, 0.3) is 10.9 Å². The quantitative estimate of drug-likeness (QED) is 0.308. The maximum Gasteiger partial charge on any atom is 0.123 e. The minimum Gasteiger partial charge on any atom is -0.340 e. The first-order valence-electron chi connectivity index (χ1n) is 11.9. The molecule has 0 bridgehead atoms. The summed E-state index contributed by atoms with van der Waals surface area (Å²) in [5.41, 5.74) is 3.91. The third-order valence-corrected chi connectivity index (χ3v) is 7.03. The van der Waals surface area contributed by atoms with Crippen molar-refractivity contribution in [2.24, 2.45) is 0 Å². The van der Waals surface area contributed by atoms with Crippen molar-refractivity contribution in [3.63, 3.8) is 0 Å². The monoisotopic (exact) mass is 426 g/mol. The van der Waals surface area contributed by atoms with E-state index in [-0.39, 0.29) is 11.9 Å². The zero-order valence-electron chi connectivity index (χ0n) is 18.5. The molecule has 2 heterocycles. The molecule has 1 fully saturated rings. The third kappa shape index (κ3) is 4.63. The molecule has 4 aromatic rings. The van der Waals surface area contributed by atoms with E-state index in [0.29, 0.717) is 5.92 Å². The van der Waals surface area contributed by atoms with Crippen molar-refractivity contribution in [2.75, 3.05) is 19.6 Å². The normalized spacial score (nSPS) is 16.4. The van der Waals surface area contributed by atoms with Crippen molar-refractivity contribution < 1.29 is 4.39 Å². The first-order chi connectivity index (χ1) is 15.8. The maximum atomic E-state index is 13.6. The Morgan fingerprint density at radius 2 is 1.53 bits per heavy atom. The molecule has 32 heavy (non-hydrogen) atoms. The molecule has 3 aromatic carbocycles. The summed E-state index contributed by atoms with van der Waals surface area (Å²) in [6.45, 7) is 3.47. The standard InChI is InChI=1S/C29H31FN2/c30-27-14-12-26(13-15-27)29(32-22-18-25-9-4-5-10-28(25)32)11-6-19-31-20-16-24(17-21-31)23-7-2-1-3-8-23/h1-5,7-10,12-15,18,22,24,29H,6,11,16-17,19-21H2. The SMILES string of the molecule is Fc1ccc(C(CCCN2CCC(c3ccccc3)CC2)n2ccc3ccccc32)cc1. The van der Waals surface area contributed by atoms with Gasteiger partial charge in [-0.05, 0) is 92.0 Å². The first kappa shape index (κ1) is 21.0. The van der Waals surface area contributed by atoms with Crippen LogP contribution in [0.15, 0.2) is 91.1 Å². The number of hydrogen-bond donors (Lipinski definition) is 0. The van der Waals surface area contributed by atoms with Gasteiger partial charge in [0.15, 0.2) is 0 Å². The van der Waals surface area contributed by atoms with Crippen LogP contribution in [-0.4, -0.2) is 29.1 Å². The highest BCUT2D eigenvalue weighted by Gasteiger charge is 2.21. The van der Waals surface area contributed by atoms with E-state index in [4.69, 9.17) is 0 Å². The van der Waals surface area contributed by atoms with Crippen molar-refractivity contribution >= 4 is 10.9 Å². The summed E-state index contributed by atoms with van der Waals surface area (Å²) < 4.78 is 15.9. The molecule has 1 aromatic heterocycles. The number of likely N-dealkylation sites (tertiary alicyclic amines) is 1. The van der Waals surface area contributed by atoms with E-state index in [2.05, 4.69) is 76.3 Å². The molecule has 1 aliphatic rings. The molecule has 3 heteroatoms. The van der Waals surface area contributed by atoms with Gasteiger partial charge in [-0.2, -0.15) is 0 Å². The first-order valence-corrected chi connectivity index (χ1v) is 11.9. The van der Waals surface area contributed by atoms with E-state index in [0.717, 1.165) is 19.4 Å². The summed E-state index contributed by atoms with van der Waals surface area (Å²) in [4.78, 5) is 2.62. The lowest BCUT2D eigenvalue weighted by Crippen LogP contribution is -2.34. The fourth-order valence-corrected chi connectivity index (χ4v) is 5.25. The highest BCUT2D eigenvalue weighted by atomic mass is 19.1. The van der Waals surface area contributed by atoms with Gasteiger partial charge in [-0.3, -0.25) is 0 Å². The van der Waals surface area contributed by atoms with Gasteiger partial charge in [0.1, 0.15) is 5.82 Å². The van der Waals surface area contributed by atoms with Crippen molar-refractivity contribution in [3.05, 3.63) is 108 Å². The number of benzene rings is 3. The van der Waals surface area contributed by atoms with Gasteiger partial charge in [0.25, 0.3) is 0 Å². The van der Waals surface area contributed by atoms with Crippen LogP contribution in [0.5, 0.6) is 0 Å². The highest BCUT2D eigenvalue weighted by Crippen LogP contribution is 2.31. The molecule has 0 N–H and O–H groups in total. The summed E-state index contributed by atoms with van der Waals surface area (Å²) in [5, 5.41) is 1.25. The van der Waals surface area contributed by atoms with Crippen molar-refractivity contribution in [1.29, 1.82) is 0 Å². The smallest absolute Gasteiger partial charge is 0.123 e. The molecule has 5 rings (SSSR count). The summed E-state index contributed by atoms with van der Waals surface area (Å²) in [5.74, 6) is 0.525. The molecule has 1 saturated heterocycles. The lowest BCUT2D eigenvalue weighted by atomic mass is 9.89. The fourth-order valence-electron chi connectivity index (χ4n) is 5.25. The second-order valence-electron chi connectivity index (χ2n) is 9.02. The minimum absolute atomic E-state index is 0.175. The van der Waals surface area contributed by atoms with Crippen molar-refractivity contribution in [3.8, 4) is 0 Å². The average Bonchev–Trinajstić information content (AvgIpc) is 3.27. The fraction of sp³-hybridized carbons (Fsp3) is 0.310. The second-order valence-corrected chi connectivity index (χ2v) is 9.02. The number of hydrogen-bond acceptors (Lipinski definition) is 1. The topological polar surface area (TPSA) is 8.17 Å². The molecule has 1 atom stereocenters. The van der Waals surface area contributed by atoms with Crippen molar-refractivity contribution in [1.82, 2.24) is 9.47 Å².